The van der Waals surface area contributed by atoms with Gasteiger partial charge in [-0.05, 0) is 30.8 Å². The van der Waals surface area contributed by atoms with Gasteiger partial charge in [-0.15, -0.1) is 0 Å². The maximum Gasteiger partial charge on any atom is 0.251 e. The Morgan fingerprint density at radius 3 is 2.35 bits per heavy atom. The monoisotopic (exact) mass is 464 g/mol. The lowest BCUT2D eigenvalue weighted by Gasteiger charge is -2.35. The lowest BCUT2D eigenvalue weighted by molar-refractivity contribution is 0.0907. The molecule has 0 saturated carbocycles. The van der Waals surface area contributed by atoms with Crippen molar-refractivity contribution in [2.24, 2.45) is 0 Å². The van der Waals surface area contributed by atoms with Crippen molar-refractivity contribution in [3.8, 4) is 0 Å². The molecule has 0 aliphatic carbocycles. The first kappa shape index (κ1) is 23.7. The molecule has 0 aromatic heterocycles. The highest BCUT2D eigenvalue weighted by molar-refractivity contribution is 7.89. The molecule has 2 aromatic carbocycles. The SMILES string of the molecule is CN1CCN(CC(NC(=O)c2ccc(Cl)c(S(=O)(=O)N(C)C)c2)c2ccccc2)CC1. The molecule has 168 valence electrons. The number of carbonyl (C=O) groups is 1. The van der Waals surface area contributed by atoms with Gasteiger partial charge in [0.25, 0.3) is 5.91 Å². The van der Waals surface area contributed by atoms with E-state index in [4.69, 9.17) is 11.6 Å². The molecule has 2 aromatic rings. The molecule has 1 N–H and O–H groups in total. The van der Waals surface area contributed by atoms with Crippen LogP contribution in [0.25, 0.3) is 0 Å². The van der Waals surface area contributed by atoms with Crippen LogP contribution in [0.5, 0.6) is 0 Å². The number of rotatable bonds is 7. The normalized spacial score (nSPS) is 16.9. The van der Waals surface area contributed by atoms with Gasteiger partial charge in [-0.1, -0.05) is 41.9 Å². The fourth-order valence-corrected chi connectivity index (χ4v) is 4.88. The molecule has 9 heteroatoms. The maximum atomic E-state index is 13.1. The molecule has 1 heterocycles. The predicted octanol–water partition coefficient (Wildman–Crippen LogP) is 2.31. The summed E-state index contributed by atoms with van der Waals surface area (Å²) in [4.78, 5) is 17.6. The molecular formula is C22H29ClN4O3S. The zero-order valence-corrected chi connectivity index (χ0v) is 19.7. The molecule has 1 saturated heterocycles. The Bertz CT molecular complexity index is 1010. The lowest BCUT2D eigenvalue weighted by Crippen LogP contribution is -2.47. The zero-order chi connectivity index (χ0) is 22.6. The van der Waals surface area contributed by atoms with Crippen LogP contribution in [0.4, 0.5) is 0 Å². The number of piperazine rings is 1. The summed E-state index contributed by atoms with van der Waals surface area (Å²) >= 11 is 6.12. The summed E-state index contributed by atoms with van der Waals surface area (Å²) in [5.74, 6) is -0.338. The molecule has 7 nitrogen and oxygen atoms in total. The van der Waals surface area contributed by atoms with Gasteiger partial charge in [-0.2, -0.15) is 0 Å². The van der Waals surface area contributed by atoms with Gasteiger partial charge in [0.05, 0.1) is 11.1 Å². The number of carbonyl (C=O) groups excluding carboxylic acids is 1. The average molecular weight is 465 g/mol. The fraction of sp³-hybridized carbons (Fsp3) is 0.409. The number of nitrogens with zero attached hydrogens (tertiary/aromatic N) is 3. The minimum Gasteiger partial charge on any atom is -0.344 e. The summed E-state index contributed by atoms with van der Waals surface area (Å²) in [6, 6.07) is 13.9. The van der Waals surface area contributed by atoms with E-state index in [1.807, 2.05) is 30.3 Å². The van der Waals surface area contributed by atoms with Crippen LogP contribution in [-0.2, 0) is 10.0 Å². The zero-order valence-electron chi connectivity index (χ0n) is 18.1. The number of halogens is 1. The first-order chi connectivity index (χ1) is 14.7. The van der Waals surface area contributed by atoms with Crippen LogP contribution in [-0.4, -0.2) is 82.3 Å². The molecule has 1 aliphatic rings. The molecule has 31 heavy (non-hydrogen) atoms. The molecule has 0 radical (unpaired) electrons. The van der Waals surface area contributed by atoms with Crippen molar-refractivity contribution in [1.82, 2.24) is 19.4 Å². The van der Waals surface area contributed by atoms with Gasteiger partial charge in [-0.25, -0.2) is 12.7 Å². The van der Waals surface area contributed by atoms with Crippen LogP contribution in [0.3, 0.4) is 0 Å². The molecule has 1 fully saturated rings. The van der Waals surface area contributed by atoms with Crippen LogP contribution >= 0.6 is 11.6 Å². The van der Waals surface area contributed by atoms with Crippen molar-refractivity contribution in [2.45, 2.75) is 10.9 Å². The third-order valence-corrected chi connectivity index (χ3v) is 7.79. The topological polar surface area (TPSA) is 73.0 Å². The standard InChI is InChI=1S/C22H29ClN4O3S/c1-25(2)31(29,30)21-15-18(9-10-19(21)23)22(28)24-20(17-7-5-4-6-8-17)16-27-13-11-26(3)12-14-27/h4-10,15,20H,11-14,16H2,1-3H3,(H,24,28). The van der Waals surface area contributed by atoms with E-state index < -0.39 is 10.0 Å². The van der Waals surface area contributed by atoms with E-state index in [2.05, 4.69) is 22.2 Å². The Morgan fingerprint density at radius 1 is 1.10 bits per heavy atom. The van der Waals surface area contributed by atoms with Gasteiger partial charge in [0.2, 0.25) is 10.0 Å². The number of sulfonamides is 1. The number of likely N-dealkylation sites (N-methyl/N-ethyl adjacent to an activating group) is 1. The van der Waals surface area contributed by atoms with E-state index in [1.54, 1.807) is 6.07 Å². The van der Waals surface area contributed by atoms with E-state index in [-0.39, 0.29) is 27.4 Å². The number of hydrogen-bond donors (Lipinski definition) is 1. The molecule has 0 bridgehead atoms. The van der Waals surface area contributed by atoms with E-state index >= 15 is 0 Å². The van der Waals surface area contributed by atoms with Crippen molar-refractivity contribution >= 4 is 27.5 Å². The van der Waals surface area contributed by atoms with Gasteiger partial charge in [0.1, 0.15) is 4.90 Å². The summed E-state index contributed by atoms with van der Waals surface area (Å²) in [6.45, 7) is 4.51. The molecule has 0 spiro atoms. The average Bonchev–Trinajstić information content (AvgIpc) is 2.75. The first-order valence-corrected chi connectivity index (χ1v) is 12.0. The maximum absolute atomic E-state index is 13.1. The third kappa shape index (κ3) is 5.84. The first-order valence-electron chi connectivity index (χ1n) is 10.2. The fourth-order valence-electron chi connectivity index (χ4n) is 3.49. The summed E-state index contributed by atoms with van der Waals surface area (Å²) < 4.78 is 26.2. The van der Waals surface area contributed by atoms with Gasteiger partial charge < -0.3 is 10.2 Å². The smallest absolute Gasteiger partial charge is 0.251 e. The van der Waals surface area contributed by atoms with Crippen LogP contribution in [0.1, 0.15) is 22.0 Å². The Labute approximate surface area is 189 Å². The minimum atomic E-state index is -3.76. The van der Waals surface area contributed by atoms with E-state index in [0.717, 1.165) is 36.0 Å². The number of hydrogen-bond acceptors (Lipinski definition) is 5. The largest absolute Gasteiger partial charge is 0.344 e. The van der Waals surface area contributed by atoms with Crippen LogP contribution in [0.2, 0.25) is 5.02 Å². The second-order valence-corrected chi connectivity index (χ2v) is 10.5. The Balaban J connectivity index is 1.83. The third-order valence-electron chi connectivity index (χ3n) is 5.50. The van der Waals surface area contributed by atoms with Gasteiger partial charge in [0, 0.05) is 52.4 Å². The Kier molecular flexibility index (Phi) is 7.72. The minimum absolute atomic E-state index is 0.0813. The summed E-state index contributed by atoms with van der Waals surface area (Å²) in [5.41, 5.74) is 1.26. The summed E-state index contributed by atoms with van der Waals surface area (Å²) in [5, 5.41) is 3.18. The number of benzene rings is 2. The predicted molar refractivity (Wildman–Crippen MR) is 123 cm³/mol. The van der Waals surface area contributed by atoms with E-state index in [0.29, 0.717) is 6.54 Å². The van der Waals surface area contributed by atoms with Crippen molar-refractivity contribution < 1.29 is 13.2 Å². The molecule has 1 atom stereocenters. The van der Waals surface area contributed by atoms with Crippen LogP contribution in [0.15, 0.2) is 53.4 Å². The summed E-state index contributed by atoms with van der Waals surface area (Å²) in [6.07, 6.45) is 0. The van der Waals surface area contributed by atoms with Crippen molar-refractivity contribution in [1.29, 1.82) is 0 Å². The second kappa shape index (κ2) is 10.1. The Hall–Kier alpha value is -1.97. The molecule has 1 amide bonds. The van der Waals surface area contributed by atoms with Crippen molar-refractivity contribution in [3.63, 3.8) is 0 Å². The Morgan fingerprint density at radius 2 is 1.74 bits per heavy atom. The van der Waals surface area contributed by atoms with Gasteiger partial charge in [-0.3, -0.25) is 9.69 Å². The molecule has 3 rings (SSSR count). The second-order valence-electron chi connectivity index (χ2n) is 7.97. The van der Waals surface area contributed by atoms with E-state index in [9.17, 15) is 13.2 Å². The lowest BCUT2D eigenvalue weighted by atomic mass is 10.0. The van der Waals surface area contributed by atoms with Crippen molar-refractivity contribution in [3.05, 3.63) is 64.7 Å². The van der Waals surface area contributed by atoms with Crippen molar-refractivity contribution in [2.75, 3.05) is 53.9 Å². The van der Waals surface area contributed by atoms with Gasteiger partial charge >= 0.3 is 0 Å². The molecule has 1 unspecified atom stereocenters. The highest BCUT2D eigenvalue weighted by atomic mass is 35.5. The quantitative estimate of drug-likeness (QED) is 0.680. The van der Waals surface area contributed by atoms with Gasteiger partial charge in [0.15, 0.2) is 0 Å². The summed E-state index contributed by atoms with van der Waals surface area (Å²) in [7, 11) is 1.20. The number of nitrogens with one attached hydrogen (secondary N) is 1. The molecule has 1 aliphatic heterocycles. The van der Waals surface area contributed by atoms with E-state index in [1.165, 1.54) is 26.2 Å². The van der Waals surface area contributed by atoms with Crippen LogP contribution < -0.4 is 5.32 Å². The highest BCUT2D eigenvalue weighted by Crippen LogP contribution is 2.25. The number of amides is 1. The molecular weight excluding hydrogens is 436 g/mol. The highest BCUT2D eigenvalue weighted by Gasteiger charge is 2.25. The van der Waals surface area contributed by atoms with Crippen LogP contribution in [0, 0.1) is 0 Å².